The minimum atomic E-state index is 0.00992. The molecule has 1 heterocycles. The average Bonchev–Trinajstić information content (AvgIpc) is 2.57. The van der Waals surface area contributed by atoms with Crippen molar-refractivity contribution >= 4 is 46.4 Å². The van der Waals surface area contributed by atoms with Gasteiger partial charge in [-0.2, -0.15) is 4.98 Å². The van der Waals surface area contributed by atoms with Crippen molar-refractivity contribution in [3.63, 3.8) is 0 Å². The van der Waals surface area contributed by atoms with E-state index in [4.69, 9.17) is 28.9 Å². The van der Waals surface area contributed by atoms with Crippen LogP contribution in [0.15, 0.2) is 48.5 Å². The highest BCUT2D eigenvalue weighted by atomic mass is 35.5. The quantitative estimate of drug-likeness (QED) is 0.631. The molecule has 0 aliphatic carbocycles. The van der Waals surface area contributed by atoms with Crippen LogP contribution in [0.3, 0.4) is 0 Å². The number of halogens is 2. The number of hydrogen-bond acceptors (Lipinski definition) is 5. The molecule has 5 nitrogen and oxygen atoms in total. The third-order valence-corrected chi connectivity index (χ3v) is 4.08. The lowest BCUT2D eigenvalue weighted by Crippen LogP contribution is -2.02. The maximum atomic E-state index is 11.3. The Morgan fingerprint density at radius 3 is 2.44 bits per heavy atom. The van der Waals surface area contributed by atoms with Gasteiger partial charge < -0.3 is 11.1 Å². The zero-order chi connectivity index (χ0) is 18.0. The van der Waals surface area contributed by atoms with Gasteiger partial charge in [0.05, 0.1) is 10.7 Å². The Labute approximate surface area is 154 Å². The van der Waals surface area contributed by atoms with E-state index in [0.717, 1.165) is 5.69 Å². The molecule has 0 aliphatic heterocycles. The second kappa shape index (κ2) is 7.09. The van der Waals surface area contributed by atoms with E-state index in [1.807, 2.05) is 0 Å². The lowest BCUT2D eigenvalue weighted by atomic mass is 10.1. The normalized spacial score (nSPS) is 10.5. The third kappa shape index (κ3) is 4.07. The van der Waals surface area contributed by atoms with E-state index in [1.165, 1.54) is 6.92 Å². The Bertz CT molecular complexity index is 942. The van der Waals surface area contributed by atoms with Gasteiger partial charge >= 0.3 is 0 Å². The van der Waals surface area contributed by atoms with Crippen LogP contribution in [0.5, 0.6) is 0 Å². The van der Waals surface area contributed by atoms with Crippen molar-refractivity contribution in [3.8, 4) is 11.3 Å². The number of nitrogens with two attached hydrogens (primary N) is 1. The molecule has 126 valence electrons. The highest BCUT2D eigenvalue weighted by Gasteiger charge is 2.10. The lowest BCUT2D eigenvalue weighted by molar-refractivity contribution is 0.101. The van der Waals surface area contributed by atoms with E-state index in [-0.39, 0.29) is 11.7 Å². The van der Waals surface area contributed by atoms with Crippen LogP contribution in [0.25, 0.3) is 11.3 Å². The number of nitrogen functional groups attached to an aromatic ring is 1. The fraction of sp³-hybridized carbons (Fsp3) is 0.0556. The van der Waals surface area contributed by atoms with Crippen molar-refractivity contribution in [2.24, 2.45) is 0 Å². The van der Waals surface area contributed by atoms with Crippen LogP contribution in [0.2, 0.25) is 10.0 Å². The van der Waals surface area contributed by atoms with E-state index < -0.39 is 0 Å². The minimum absolute atomic E-state index is 0.00992. The predicted octanol–water partition coefficient (Wildman–Crippen LogP) is 4.98. The number of nitrogens with zero attached hydrogens (tertiary/aromatic N) is 2. The first-order valence-corrected chi connectivity index (χ1v) is 8.16. The summed E-state index contributed by atoms with van der Waals surface area (Å²) in [4.78, 5) is 19.7. The molecule has 2 aromatic carbocycles. The molecule has 0 saturated heterocycles. The first-order valence-electron chi connectivity index (χ1n) is 7.40. The smallest absolute Gasteiger partial charge is 0.222 e. The van der Waals surface area contributed by atoms with E-state index in [2.05, 4.69) is 15.3 Å². The largest absolute Gasteiger partial charge is 0.368 e. The number of carbonyl (C=O) groups is 1. The SMILES string of the molecule is CC(=O)c1ccc(Nc2cc(-c3cc(Cl)ccc3Cl)nc(N)n2)cc1. The molecule has 3 rings (SSSR count). The zero-order valence-corrected chi connectivity index (χ0v) is 14.8. The van der Waals surface area contributed by atoms with Gasteiger partial charge in [0.2, 0.25) is 5.95 Å². The van der Waals surface area contributed by atoms with Gasteiger partial charge in [-0.1, -0.05) is 23.2 Å². The van der Waals surface area contributed by atoms with Crippen molar-refractivity contribution in [1.29, 1.82) is 0 Å². The monoisotopic (exact) mass is 372 g/mol. The highest BCUT2D eigenvalue weighted by molar-refractivity contribution is 6.35. The number of anilines is 3. The molecular formula is C18H14Cl2N4O. The topological polar surface area (TPSA) is 80.9 Å². The summed E-state index contributed by atoms with van der Waals surface area (Å²) in [5.74, 6) is 0.626. The van der Waals surface area contributed by atoms with Crippen molar-refractivity contribution in [2.75, 3.05) is 11.1 Å². The van der Waals surface area contributed by atoms with E-state index in [0.29, 0.717) is 32.7 Å². The summed E-state index contributed by atoms with van der Waals surface area (Å²) in [6, 6.07) is 13.9. The standard InChI is InChI=1S/C18H14Cl2N4O/c1-10(25)11-2-5-13(6-3-11)22-17-9-16(23-18(21)24-17)14-8-12(19)4-7-15(14)20/h2-9H,1H3,(H3,21,22,23,24). The lowest BCUT2D eigenvalue weighted by Gasteiger charge is -2.10. The van der Waals surface area contributed by atoms with Gasteiger partial charge in [0.1, 0.15) is 5.82 Å². The van der Waals surface area contributed by atoms with Crippen molar-refractivity contribution < 1.29 is 4.79 Å². The Morgan fingerprint density at radius 1 is 1.04 bits per heavy atom. The molecule has 0 saturated carbocycles. The molecule has 3 N–H and O–H groups in total. The molecule has 1 aromatic heterocycles. The molecule has 25 heavy (non-hydrogen) atoms. The molecule has 7 heteroatoms. The highest BCUT2D eigenvalue weighted by Crippen LogP contribution is 2.31. The maximum absolute atomic E-state index is 11.3. The van der Waals surface area contributed by atoms with E-state index >= 15 is 0 Å². The van der Waals surface area contributed by atoms with Crippen molar-refractivity contribution in [2.45, 2.75) is 6.92 Å². The Hall–Kier alpha value is -2.63. The van der Waals surface area contributed by atoms with Gasteiger partial charge in [0.15, 0.2) is 5.78 Å². The molecule has 0 spiro atoms. The summed E-state index contributed by atoms with van der Waals surface area (Å²) in [7, 11) is 0. The number of Topliss-reactive ketones (excluding diaryl/α,β-unsaturated/α-hetero) is 1. The van der Waals surface area contributed by atoms with Crippen molar-refractivity contribution in [3.05, 3.63) is 64.1 Å². The Balaban J connectivity index is 1.94. The first kappa shape index (κ1) is 17.2. The van der Waals surface area contributed by atoms with Gasteiger partial charge in [-0.05, 0) is 49.4 Å². The summed E-state index contributed by atoms with van der Waals surface area (Å²) in [6.45, 7) is 1.52. The summed E-state index contributed by atoms with van der Waals surface area (Å²) in [6.07, 6.45) is 0. The van der Waals surface area contributed by atoms with Crippen LogP contribution in [0.4, 0.5) is 17.5 Å². The number of ketones is 1. The van der Waals surface area contributed by atoms with Crippen LogP contribution >= 0.6 is 23.2 Å². The number of rotatable bonds is 4. The van der Waals surface area contributed by atoms with E-state index in [1.54, 1.807) is 48.5 Å². The molecule has 3 aromatic rings. The van der Waals surface area contributed by atoms with Crippen LogP contribution in [-0.4, -0.2) is 15.8 Å². The maximum Gasteiger partial charge on any atom is 0.222 e. The Morgan fingerprint density at radius 2 is 1.76 bits per heavy atom. The predicted molar refractivity (Wildman–Crippen MR) is 102 cm³/mol. The summed E-state index contributed by atoms with van der Waals surface area (Å²) >= 11 is 12.3. The number of carbonyl (C=O) groups excluding carboxylic acids is 1. The molecule has 0 fully saturated rings. The zero-order valence-electron chi connectivity index (χ0n) is 13.3. The number of hydrogen-bond donors (Lipinski definition) is 2. The van der Waals surface area contributed by atoms with Crippen LogP contribution in [0.1, 0.15) is 17.3 Å². The van der Waals surface area contributed by atoms with E-state index in [9.17, 15) is 4.79 Å². The second-order valence-electron chi connectivity index (χ2n) is 5.38. The van der Waals surface area contributed by atoms with Gasteiger partial charge in [0, 0.05) is 27.9 Å². The molecule has 0 bridgehead atoms. The van der Waals surface area contributed by atoms with Crippen molar-refractivity contribution in [1.82, 2.24) is 9.97 Å². The number of aromatic nitrogens is 2. The third-order valence-electron chi connectivity index (χ3n) is 3.51. The fourth-order valence-corrected chi connectivity index (χ4v) is 2.68. The molecule has 0 aliphatic rings. The summed E-state index contributed by atoms with van der Waals surface area (Å²) in [5.41, 5.74) is 8.45. The van der Waals surface area contributed by atoms with Crippen LogP contribution in [-0.2, 0) is 0 Å². The molecule has 0 amide bonds. The van der Waals surface area contributed by atoms with Gasteiger partial charge in [-0.3, -0.25) is 4.79 Å². The fourth-order valence-electron chi connectivity index (χ4n) is 2.30. The molecule has 0 radical (unpaired) electrons. The number of nitrogens with one attached hydrogen (secondary N) is 1. The van der Waals surface area contributed by atoms with Gasteiger partial charge in [-0.25, -0.2) is 4.98 Å². The van der Waals surface area contributed by atoms with Gasteiger partial charge in [0.25, 0.3) is 0 Å². The minimum Gasteiger partial charge on any atom is -0.368 e. The number of benzene rings is 2. The molecule has 0 atom stereocenters. The molecular weight excluding hydrogens is 359 g/mol. The second-order valence-corrected chi connectivity index (χ2v) is 6.22. The summed E-state index contributed by atoms with van der Waals surface area (Å²) in [5, 5.41) is 4.20. The summed E-state index contributed by atoms with van der Waals surface area (Å²) < 4.78 is 0. The van der Waals surface area contributed by atoms with Crippen LogP contribution in [0, 0.1) is 0 Å². The average molecular weight is 373 g/mol. The van der Waals surface area contributed by atoms with Crippen LogP contribution < -0.4 is 11.1 Å². The van der Waals surface area contributed by atoms with Gasteiger partial charge in [-0.15, -0.1) is 0 Å². The first-order chi connectivity index (χ1) is 11.9. The Kier molecular flexibility index (Phi) is 4.88. The molecule has 0 unspecified atom stereocenters.